The van der Waals surface area contributed by atoms with E-state index in [1.54, 1.807) is 29.4 Å². The van der Waals surface area contributed by atoms with Gasteiger partial charge in [0.1, 0.15) is 6.04 Å². The van der Waals surface area contributed by atoms with Gasteiger partial charge in [0.05, 0.1) is 11.9 Å². The fourth-order valence-corrected chi connectivity index (χ4v) is 2.24. The fourth-order valence-electron chi connectivity index (χ4n) is 2.24. The lowest BCUT2D eigenvalue weighted by atomic mass is 10.0. The third-order valence-electron chi connectivity index (χ3n) is 3.41. The lowest BCUT2D eigenvalue weighted by Crippen LogP contribution is -2.55. The highest BCUT2D eigenvalue weighted by molar-refractivity contribution is 5.99. The lowest BCUT2D eigenvalue weighted by Gasteiger charge is -2.32. The van der Waals surface area contributed by atoms with Gasteiger partial charge in [-0.2, -0.15) is 0 Å². The quantitative estimate of drug-likeness (QED) is 0.824. The van der Waals surface area contributed by atoms with Gasteiger partial charge in [-0.3, -0.25) is 9.78 Å². The van der Waals surface area contributed by atoms with E-state index in [9.17, 15) is 9.59 Å². The van der Waals surface area contributed by atoms with Crippen molar-refractivity contribution in [3.63, 3.8) is 0 Å². The molecule has 2 N–H and O–H groups in total. The Labute approximate surface area is 124 Å². The molecule has 6 nitrogen and oxygen atoms in total. The summed E-state index contributed by atoms with van der Waals surface area (Å²) in [5.41, 5.74) is 0.758. The number of aromatic nitrogens is 1. The van der Waals surface area contributed by atoms with E-state index in [1.165, 1.54) is 0 Å². The van der Waals surface area contributed by atoms with Gasteiger partial charge < -0.3 is 15.5 Å². The van der Waals surface area contributed by atoms with Gasteiger partial charge in [-0.1, -0.05) is 6.08 Å². The molecule has 112 valence electrons. The number of hydrogen-bond acceptors (Lipinski definition) is 3. The number of nitrogens with one attached hydrogen (secondary N) is 2. The zero-order valence-corrected chi connectivity index (χ0v) is 12.1. The highest BCUT2D eigenvalue weighted by Crippen LogP contribution is 2.19. The van der Waals surface area contributed by atoms with Gasteiger partial charge in [0.2, 0.25) is 5.91 Å². The summed E-state index contributed by atoms with van der Waals surface area (Å²) in [6, 6.07) is 2.63. The number of urea groups is 1. The molecule has 21 heavy (non-hydrogen) atoms. The normalized spacial score (nSPS) is 19.8. The lowest BCUT2D eigenvalue weighted by molar-refractivity contribution is -0.121. The van der Waals surface area contributed by atoms with Crippen LogP contribution in [0.3, 0.4) is 0 Å². The number of piperidine rings is 1. The molecule has 2 heterocycles. The van der Waals surface area contributed by atoms with E-state index in [-0.39, 0.29) is 18.0 Å². The Bertz CT molecular complexity index is 518. The minimum absolute atomic E-state index is 0.101. The largest absolute Gasteiger partial charge is 0.332 e. The average Bonchev–Trinajstić information content (AvgIpc) is 2.50. The van der Waals surface area contributed by atoms with E-state index in [1.807, 2.05) is 13.0 Å². The van der Waals surface area contributed by atoms with E-state index >= 15 is 0 Å². The second-order valence-corrected chi connectivity index (χ2v) is 5.04. The zero-order valence-electron chi connectivity index (χ0n) is 12.1. The molecule has 1 fully saturated rings. The Morgan fingerprint density at radius 3 is 3.10 bits per heavy atom. The number of amides is 3. The van der Waals surface area contributed by atoms with Gasteiger partial charge in [0.15, 0.2) is 0 Å². The maximum Gasteiger partial charge on any atom is 0.315 e. The minimum atomic E-state index is -0.504. The number of anilines is 1. The highest BCUT2D eigenvalue weighted by Gasteiger charge is 2.30. The van der Waals surface area contributed by atoms with E-state index in [2.05, 4.69) is 22.2 Å². The summed E-state index contributed by atoms with van der Waals surface area (Å²) in [6.45, 7) is 6.07. The molecule has 0 aliphatic carbocycles. The Hall–Kier alpha value is -2.37. The molecule has 2 atom stereocenters. The standard InChI is InChI=1S/C15H20N4O2/c1-3-11(2)17-15(21)18-13-7-5-9-19(14(13)20)12-6-4-8-16-10-12/h3-4,6,8,10-11,13H,1,5,7,9H2,2H3,(H2,17,18,21)/t11-,13+/m1/s1. The first kappa shape index (κ1) is 15.0. The fraction of sp³-hybridized carbons (Fsp3) is 0.400. The number of rotatable bonds is 4. The van der Waals surface area contributed by atoms with Gasteiger partial charge in [-0.05, 0) is 31.9 Å². The number of pyridine rings is 1. The Morgan fingerprint density at radius 1 is 1.62 bits per heavy atom. The van der Waals surface area contributed by atoms with Crippen molar-refractivity contribution in [2.75, 3.05) is 11.4 Å². The molecule has 0 bridgehead atoms. The third-order valence-corrected chi connectivity index (χ3v) is 3.41. The smallest absolute Gasteiger partial charge is 0.315 e. The topological polar surface area (TPSA) is 74.3 Å². The molecule has 0 spiro atoms. The summed E-state index contributed by atoms with van der Waals surface area (Å²) in [5.74, 6) is -0.101. The minimum Gasteiger partial charge on any atom is -0.332 e. The van der Waals surface area contributed by atoms with Crippen LogP contribution in [0.2, 0.25) is 0 Å². The summed E-state index contributed by atoms with van der Waals surface area (Å²) in [5, 5.41) is 5.42. The zero-order chi connectivity index (χ0) is 15.2. The van der Waals surface area contributed by atoms with Crippen LogP contribution in [-0.2, 0) is 4.79 Å². The van der Waals surface area contributed by atoms with Gasteiger partial charge in [0, 0.05) is 18.8 Å². The molecule has 0 aromatic carbocycles. The van der Waals surface area contributed by atoms with Crippen molar-refractivity contribution in [2.24, 2.45) is 0 Å². The molecule has 2 rings (SSSR count). The van der Waals surface area contributed by atoms with Crippen molar-refractivity contribution in [3.05, 3.63) is 37.2 Å². The van der Waals surface area contributed by atoms with E-state index < -0.39 is 6.04 Å². The molecule has 1 aliphatic rings. The molecule has 1 aromatic heterocycles. The number of hydrogen-bond donors (Lipinski definition) is 2. The Morgan fingerprint density at radius 2 is 2.43 bits per heavy atom. The molecule has 0 radical (unpaired) electrons. The average molecular weight is 288 g/mol. The maximum absolute atomic E-state index is 12.5. The van der Waals surface area contributed by atoms with Crippen LogP contribution in [0, 0.1) is 0 Å². The molecule has 3 amide bonds. The second-order valence-electron chi connectivity index (χ2n) is 5.04. The molecular weight excluding hydrogens is 268 g/mol. The molecule has 0 unspecified atom stereocenters. The van der Waals surface area contributed by atoms with Crippen molar-refractivity contribution < 1.29 is 9.59 Å². The third kappa shape index (κ3) is 3.81. The van der Waals surface area contributed by atoms with Crippen molar-refractivity contribution >= 4 is 17.6 Å². The van der Waals surface area contributed by atoms with Crippen LogP contribution in [0.4, 0.5) is 10.5 Å². The SMILES string of the molecule is C=C[C@@H](C)NC(=O)N[C@H]1CCCN(c2cccnc2)C1=O. The van der Waals surface area contributed by atoms with Crippen LogP contribution in [0.5, 0.6) is 0 Å². The summed E-state index contributed by atoms with van der Waals surface area (Å²) in [4.78, 5) is 30.0. The summed E-state index contributed by atoms with van der Waals surface area (Å²) in [6.07, 6.45) is 6.43. The Kier molecular flexibility index (Phi) is 4.92. The van der Waals surface area contributed by atoms with Gasteiger partial charge in [-0.25, -0.2) is 4.79 Å². The van der Waals surface area contributed by atoms with E-state index in [0.717, 1.165) is 12.1 Å². The summed E-state index contributed by atoms with van der Waals surface area (Å²) >= 11 is 0. The molecule has 1 aliphatic heterocycles. The van der Waals surface area contributed by atoms with Crippen molar-refractivity contribution in [2.45, 2.75) is 31.8 Å². The van der Waals surface area contributed by atoms with Crippen LogP contribution >= 0.6 is 0 Å². The number of carbonyl (C=O) groups is 2. The van der Waals surface area contributed by atoms with Crippen LogP contribution < -0.4 is 15.5 Å². The van der Waals surface area contributed by atoms with Crippen molar-refractivity contribution in [1.29, 1.82) is 0 Å². The van der Waals surface area contributed by atoms with E-state index in [0.29, 0.717) is 13.0 Å². The maximum atomic E-state index is 12.5. The van der Waals surface area contributed by atoms with Crippen molar-refractivity contribution in [3.8, 4) is 0 Å². The van der Waals surface area contributed by atoms with Crippen molar-refractivity contribution in [1.82, 2.24) is 15.6 Å². The predicted molar refractivity (Wildman–Crippen MR) is 80.9 cm³/mol. The summed E-state index contributed by atoms with van der Waals surface area (Å²) < 4.78 is 0. The second kappa shape index (κ2) is 6.88. The summed E-state index contributed by atoms with van der Waals surface area (Å²) in [7, 11) is 0. The molecular formula is C15H20N4O2. The van der Waals surface area contributed by atoms with E-state index in [4.69, 9.17) is 0 Å². The van der Waals surface area contributed by atoms with Crippen LogP contribution in [-0.4, -0.2) is 35.6 Å². The first-order valence-electron chi connectivity index (χ1n) is 7.03. The van der Waals surface area contributed by atoms with Gasteiger partial charge in [-0.15, -0.1) is 6.58 Å². The van der Waals surface area contributed by atoms with Crippen LogP contribution in [0.15, 0.2) is 37.2 Å². The van der Waals surface area contributed by atoms with Crippen LogP contribution in [0.1, 0.15) is 19.8 Å². The molecule has 6 heteroatoms. The molecule has 1 saturated heterocycles. The number of nitrogens with zero attached hydrogens (tertiary/aromatic N) is 2. The first-order valence-corrected chi connectivity index (χ1v) is 7.03. The number of carbonyl (C=O) groups excluding carboxylic acids is 2. The Balaban J connectivity index is 2.00. The van der Waals surface area contributed by atoms with Crippen LogP contribution in [0.25, 0.3) is 0 Å². The highest BCUT2D eigenvalue weighted by atomic mass is 16.2. The predicted octanol–water partition coefficient (Wildman–Crippen LogP) is 1.45. The molecule has 0 saturated carbocycles. The van der Waals surface area contributed by atoms with Gasteiger partial charge in [0.25, 0.3) is 0 Å². The molecule has 1 aromatic rings. The monoisotopic (exact) mass is 288 g/mol. The van der Waals surface area contributed by atoms with Gasteiger partial charge >= 0.3 is 6.03 Å². The first-order chi connectivity index (χ1) is 10.1.